The molecule has 0 saturated heterocycles. The van der Waals surface area contributed by atoms with Crippen molar-refractivity contribution in [3.63, 3.8) is 0 Å². The number of aromatic amines is 1. The Hall–Kier alpha value is -2.35. The van der Waals surface area contributed by atoms with Gasteiger partial charge in [0.2, 0.25) is 0 Å². The molecule has 2 heterocycles. The summed E-state index contributed by atoms with van der Waals surface area (Å²) in [5.74, 6) is 0.968. The molecule has 2 aromatic heterocycles. The van der Waals surface area contributed by atoms with Gasteiger partial charge in [-0.25, -0.2) is 14.2 Å². The van der Waals surface area contributed by atoms with Crippen LogP contribution in [0.25, 0.3) is 11.2 Å². The topological polar surface area (TPSA) is 72.7 Å². The smallest absolute Gasteiger partial charge is 0.322 e. The molecule has 0 spiro atoms. The number of nitrogens with one attached hydrogen (secondary N) is 1. The maximum absolute atomic E-state index is 13.0. The first-order chi connectivity index (χ1) is 12.5. The Morgan fingerprint density at radius 2 is 1.88 bits per heavy atom. The van der Waals surface area contributed by atoms with Crippen LogP contribution in [0.4, 0.5) is 4.39 Å². The molecule has 0 bridgehead atoms. The summed E-state index contributed by atoms with van der Waals surface area (Å²) in [6, 6.07) is 6.25. The number of nitrogens with zero attached hydrogens (tertiary/aromatic N) is 3. The first kappa shape index (κ1) is 18.4. The highest BCUT2D eigenvalue weighted by Crippen LogP contribution is 2.24. The van der Waals surface area contributed by atoms with Crippen molar-refractivity contribution < 1.29 is 4.39 Å². The van der Waals surface area contributed by atoms with Gasteiger partial charge in [-0.3, -0.25) is 14.3 Å². The minimum Gasteiger partial charge on any atom is -0.322 e. The Morgan fingerprint density at radius 3 is 2.54 bits per heavy atom. The zero-order valence-corrected chi connectivity index (χ0v) is 15.6. The van der Waals surface area contributed by atoms with Crippen molar-refractivity contribution in [1.29, 1.82) is 0 Å². The molecule has 6 nitrogen and oxygen atoms in total. The molecule has 0 radical (unpaired) electrons. The van der Waals surface area contributed by atoms with Crippen molar-refractivity contribution >= 4 is 22.9 Å². The largest absolute Gasteiger partial charge is 0.330 e. The van der Waals surface area contributed by atoms with E-state index in [4.69, 9.17) is 0 Å². The average Bonchev–Trinajstić information content (AvgIpc) is 3.00. The van der Waals surface area contributed by atoms with Crippen LogP contribution in [0.5, 0.6) is 0 Å². The van der Waals surface area contributed by atoms with Gasteiger partial charge in [-0.15, -0.1) is 11.8 Å². The van der Waals surface area contributed by atoms with E-state index in [1.54, 1.807) is 16.7 Å². The summed E-state index contributed by atoms with van der Waals surface area (Å²) in [6.45, 7) is 5.08. The second-order valence-corrected chi connectivity index (χ2v) is 7.00. The number of hydrogen-bond acceptors (Lipinski definition) is 4. The van der Waals surface area contributed by atoms with Gasteiger partial charge in [-0.2, -0.15) is 0 Å². The molecular weight excluding hydrogens is 355 g/mol. The number of halogens is 1. The van der Waals surface area contributed by atoms with Crippen molar-refractivity contribution in [2.75, 3.05) is 0 Å². The van der Waals surface area contributed by atoms with Crippen LogP contribution in [0.15, 0.2) is 38.8 Å². The second kappa shape index (κ2) is 7.90. The van der Waals surface area contributed by atoms with Crippen molar-refractivity contribution in [1.82, 2.24) is 19.1 Å². The predicted molar refractivity (Wildman–Crippen MR) is 101 cm³/mol. The number of rotatable bonds is 7. The maximum Gasteiger partial charge on any atom is 0.330 e. The van der Waals surface area contributed by atoms with Crippen LogP contribution in [-0.2, 0) is 18.8 Å². The van der Waals surface area contributed by atoms with Crippen LogP contribution in [-0.4, -0.2) is 19.1 Å². The number of hydrogen-bond donors (Lipinski definition) is 1. The van der Waals surface area contributed by atoms with E-state index in [0.29, 0.717) is 30.0 Å². The molecule has 0 aliphatic rings. The molecule has 0 aliphatic carbocycles. The quantitative estimate of drug-likeness (QED) is 0.643. The number of thioether (sulfide) groups is 1. The van der Waals surface area contributed by atoms with Crippen LogP contribution in [0.1, 0.15) is 32.5 Å². The first-order valence-electron chi connectivity index (χ1n) is 8.65. The van der Waals surface area contributed by atoms with Gasteiger partial charge in [0.1, 0.15) is 11.6 Å². The van der Waals surface area contributed by atoms with Gasteiger partial charge < -0.3 is 4.57 Å². The van der Waals surface area contributed by atoms with Crippen molar-refractivity contribution in [3.8, 4) is 0 Å². The number of aromatic nitrogens is 4. The van der Waals surface area contributed by atoms with E-state index in [1.807, 2.05) is 18.4 Å². The molecule has 138 valence electrons. The zero-order chi connectivity index (χ0) is 18.7. The monoisotopic (exact) mass is 376 g/mol. The minimum absolute atomic E-state index is 0.276. The first-order valence-corrected chi connectivity index (χ1v) is 9.64. The van der Waals surface area contributed by atoms with Gasteiger partial charge in [-0.05, 0) is 37.6 Å². The van der Waals surface area contributed by atoms with E-state index < -0.39 is 11.2 Å². The Labute approximate surface area is 154 Å². The summed E-state index contributed by atoms with van der Waals surface area (Å²) in [7, 11) is 0. The molecule has 1 N–H and O–H groups in total. The Bertz CT molecular complexity index is 1020. The molecule has 0 fully saturated rings. The van der Waals surface area contributed by atoms with Crippen LogP contribution >= 0.6 is 11.8 Å². The van der Waals surface area contributed by atoms with Crippen molar-refractivity contribution in [3.05, 3.63) is 56.7 Å². The van der Waals surface area contributed by atoms with Crippen molar-refractivity contribution in [2.24, 2.45) is 0 Å². The number of aryl methyl sites for hydroxylation is 2. The van der Waals surface area contributed by atoms with E-state index in [2.05, 4.69) is 9.97 Å². The Morgan fingerprint density at radius 1 is 1.15 bits per heavy atom. The third-order valence-corrected chi connectivity index (χ3v) is 5.21. The van der Waals surface area contributed by atoms with E-state index >= 15 is 0 Å². The van der Waals surface area contributed by atoms with Crippen LogP contribution in [0, 0.1) is 5.82 Å². The highest BCUT2D eigenvalue weighted by Gasteiger charge is 2.17. The third kappa shape index (κ3) is 3.60. The van der Waals surface area contributed by atoms with Crippen LogP contribution < -0.4 is 11.2 Å². The van der Waals surface area contributed by atoms with Gasteiger partial charge >= 0.3 is 5.69 Å². The number of H-pyrrole nitrogens is 1. The summed E-state index contributed by atoms with van der Waals surface area (Å²) >= 11 is 1.51. The summed E-state index contributed by atoms with van der Waals surface area (Å²) in [5, 5.41) is 0. The lowest BCUT2D eigenvalue weighted by atomic mass is 10.3. The molecule has 0 amide bonds. The normalized spacial score (nSPS) is 11.3. The fraction of sp³-hybridized carbons (Fsp3) is 0.389. The fourth-order valence-corrected chi connectivity index (χ4v) is 3.72. The maximum atomic E-state index is 13.0. The van der Waals surface area contributed by atoms with E-state index in [0.717, 1.165) is 23.6 Å². The number of unbranched alkanes of at least 4 members (excludes halogenated alkanes) is 1. The minimum atomic E-state index is -0.422. The number of imidazole rings is 1. The molecule has 0 aliphatic heterocycles. The van der Waals surface area contributed by atoms with E-state index in [-0.39, 0.29) is 5.82 Å². The Balaban J connectivity index is 2.02. The lowest BCUT2D eigenvalue weighted by molar-refractivity contribution is 0.613. The molecule has 8 heteroatoms. The standard InChI is InChI=1S/C18H21FN4O2S/c1-3-5-10-23-16-15(17(24)21-18(23)25)22(4-2)14(20-16)11-26-13-8-6-12(19)7-9-13/h6-9H,3-5,10-11H2,1-2H3,(H,21,24,25). The molecule has 26 heavy (non-hydrogen) atoms. The molecular formula is C18H21FN4O2S. The molecule has 3 rings (SSSR count). The lowest BCUT2D eigenvalue weighted by Gasteiger charge is -2.06. The van der Waals surface area contributed by atoms with Crippen LogP contribution in [0.2, 0.25) is 0 Å². The molecule has 0 saturated carbocycles. The number of benzene rings is 1. The summed E-state index contributed by atoms with van der Waals surface area (Å²) < 4.78 is 16.4. The Kier molecular flexibility index (Phi) is 5.61. The number of fused-ring (bicyclic) bond motifs is 1. The molecule has 0 unspecified atom stereocenters. The van der Waals surface area contributed by atoms with Gasteiger partial charge in [0, 0.05) is 18.0 Å². The average molecular weight is 376 g/mol. The molecule has 1 aromatic carbocycles. The highest BCUT2D eigenvalue weighted by atomic mass is 32.2. The SMILES string of the molecule is CCCCn1c(=O)[nH]c(=O)c2c1nc(CSc1ccc(F)cc1)n2CC. The van der Waals surface area contributed by atoms with E-state index in [1.165, 1.54) is 23.9 Å². The summed E-state index contributed by atoms with van der Waals surface area (Å²) in [4.78, 5) is 32.5. The van der Waals surface area contributed by atoms with E-state index in [9.17, 15) is 14.0 Å². The van der Waals surface area contributed by atoms with Gasteiger partial charge in [-0.1, -0.05) is 13.3 Å². The third-order valence-electron chi connectivity index (χ3n) is 4.20. The molecule has 3 aromatic rings. The van der Waals surface area contributed by atoms with Crippen LogP contribution in [0.3, 0.4) is 0 Å². The van der Waals surface area contributed by atoms with Gasteiger partial charge in [0.05, 0.1) is 5.75 Å². The van der Waals surface area contributed by atoms with Gasteiger partial charge in [0.15, 0.2) is 11.2 Å². The zero-order valence-electron chi connectivity index (χ0n) is 14.8. The summed E-state index contributed by atoms with van der Waals surface area (Å²) in [6.07, 6.45) is 1.77. The van der Waals surface area contributed by atoms with Crippen molar-refractivity contribution in [2.45, 2.75) is 50.4 Å². The van der Waals surface area contributed by atoms with Gasteiger partial charge in [0.25, 0.3) is 5.56 Å². The summed E-state index contributed by atoms with van der Waals surface area (Å²) in [5.41, 5.74) is 0.0289. The molecule has 0 atom stereocenters. The predicted octanol–water partition coefficient (Wildman–Crippen LogP) is 3.14. The lowest BCUT2D eigenvalue weighted by Crippen LogP contribution is -2.31. The second-order valence-electron chi connectivity index (χ2n) is 5.95. The highest BCUT2D eigenvalue weighted by molar-refractivity contribution is 7.98. The fourth-order valence-electron chi connectivity index (χ4n) is 2.87.